The van der Waals surface area contributed by atoms with Gasteiger partial charge in [0.2, 0.25) is 0 Å². The number of rotatable bonds is 7. The summed E-state index contributed by atoms with van der Waals surface area (Å²) in [5.74, 6) is 0.766. The van der Waals surface area contributed by atoms with E-state index in [1.807, 2.05) is 13.1 Å². The number of nitrogens with zero attached hydrogens (tertiary/aromatic N) is 1. The van der Waals surface area contributed by atoms with Crippen LogP contribution in [-0.2, 0) is 4.74 Å². The monoisotopic (exact) mass is 210 g/mol. The first-order valence-corrected chi connectivity index (χ1v) is 5.20. The van der Waals surface area contributed by atoms with E-state index in [9.17, 15) is 0 Å². The molecule has 1 aromatic rings. The Balaban J connectivity index is 2.24. The fraction of sp³-hybridized carbons (Fsp3) is 0.545. The number of pyridine rings is 1. The standard InChI is InChI=1S/C11H18N2O2/c1-3-4-14-5-6-15-11-7-10(12-2)8-13-9-11/h7-9,12H,3-6H2,1-2H3. The smallest absolute Gasteiger partial charge is 0.139 e. The van der Waals surface area contributed by atoms with Gasteiger partial charge in [-0.25, -0.2) is 0 Å². The van der Waals surface area contributed by atoms with Gasteiger partial charge in [0, 0.05) is 19.7 Å². The molecule has 0 unspecified atom stereocenters. The van der Waals surface area contributed by atoms with Gasteiger partial charge in [-0.1, -0.05) is 6.92 Å². The Labute approximate surface area is 90.6 Å². The molecule has 0 amide bonds. The first kappa shape index (κ1) is 11.8. The van der Waals surface area contributed by atoms with Gasteiger partial charge in [-0.15, -0.1) is 0 Å². The number of hydrogen-bond donors (Lipinski definition) is 1. The molecule has 1 heterocycles. The Hall–Kier alpha value is -1.29. The van der Waals surface area contributed by atoms with Crippen LogP contribution in [0.1, 0.15) is 13.3 Å². The van der Waals surface area contributed by atoms with Crippen molar-refractivity contribution in [3.63, 3.8) is 0 Å². The van der Waals surface area contributed by atoms with E-state index >= 15 is 0 Å². The summed E-state index contributed by atoms with van der Waals surface area (Å²) in [6.45, 7) is 4.06. The molecule has 0 aromatic carbocycles. The minimum absolute atomic E-state index is 0.564. The predicted octanol–water partition coefficient (Wildman–Crippen LogP) is 1.93. The van der Waals surface area contributed by atoms with Gasteiger partial charge in [-0.2, -0.15) is 0 Å². The van der Waals surface area contributed by atoms with E-state index < -0.39 is 0 Å². The second kappa shape index (κ2) is 7.06. The second-order valence-electron chi connectivity index (χ2n) is 3.12. The Morgan fingerprint density at radius 2 is 2.13 bits per heavy atom. The number of nitrogens with one attached hydrogen (secondary N) is 1. The minimum Gasteiger partial charge on any atom is -0.489 e. The summed E-state index contributed by atoms with van der Waals surface area (Å²) in [5, 5.41) is 3.00. The largest absolute Gasteiger partial charge is 0.489 e. The minimum atomic E-state index is 0.564. The second-order valence-corrected chi connectivity index (χ2v) is 3.12. The molecule has 1 N–H and O–H groups in total. The van der Waals surface area contributed by atoms with Gasteiger partial charge in [-0.3, -0.25) is 4.98 Å². The molecule has 0 atom stereocenters. The summed E-state index contributed by atoms with van der Waals surface area (Å²) in [5.41, 5.74) is 0.946. The van der Waals surface area contributed by atoms with Crippen molar-refractivity contribution in [2.75, 3.05) is 32.2 Å². The van der Waals surface area contributed by atoms with Crippen molar-refractivity contribution in [1.82, 2.24) is 4.98 Å². The Morgan fingerprint density at radius 3 is 2.87 bits per heavy atom. The molecule has 1 aromatic heterocycles. The van der Waals surface area contributed by atoms with Crippen LogP contribution < -0.4 is 10.1 Å². The fourth-order valence-electron chi connectivity index (χ4n) is 1.10. The summed E-state index contributed by atoms with van der Waals surface area (Å²) in [7, 11) is 1.85. The van der Waals surface area contributed by atoms with Crippen LogP contribution in [0.3, 0.4) is 0 Å². The SMILES string of the molecule is CCCOCCOc1cncc(NC)c1. The maximum absolute atomic E-state index is 5.47. The first-order chi connectivity index (χ1) is 7.36. The van der Waals surface area contributed by atoms with E-state index in [-0.39, 0.29) is 0 Å². The molecule has 0 spiro atoms. The van der Waals surface area contributed by atoms with Gasteiger partial charge in [-0.05, 0) is 6.42 Å². The lowest BCUT2D eigenvalue weighted by Crippen LogP contribution is -2.07. The van der Waals surface area contributed by atoms with Crippen LogP contribution in [0.25, 0.3) is 0 Å². The average Bonchev–Trinajstić information content (AvgIpc) is 2.29. The summed E-state index contributed by atoms with van der Waals surface area (Å²) in [4.78, 5) is 4.04. The summed E-state index contributed by atoms with van der Waals surface area (Å²) in [6.07, 6.45) is 4.48. The van der Waals surface area contributed by atoms with Crippen LogP contribution in [0.2, 0.25) is 0 Å². The third-order valence-corrected chi connectivity index (χ3v) is 1.85. The van der Waals surface area contributed by atoms with Crippen molar-refractivity contribution in [1.29, 1.82) is 0 Å². The fourth-order valence-corrected chi connectivity index (χ4v) is 1.10. The molecule has 0 saturated carbocycles. The third kappa shape index (κ3) is 4.65. The van der Waals surface area contributed by atoms with Crippen LogP contribution in [0.15, 0.2) is 18.5 Å². The van der Waals surface area contributed by atoms with Crippen molar-refractivity contribution in [3.05, 3.63) is 18.5 Å². The maximum Gasteiger partial charge on any atom is 0.139 e. The molecule has 0 fully saturated rings. The average molecular weight is 210 g/mol. The Kier molecular flexibility index (Phi) is 5.55. The van der Waals surface area contributed by atoms with Gasteiger partial charge >= 0.3 is 0 Å². The molecule has 0 aliphatic rings. The molecule has 0 aliphatic heterocycles. The lowest BCUT2D eigenvalue weighted by Gasteiger charge is -2.07. The van der Waals surface area contributed by atoms with Gasteiger partial charge in [0.15, 0.2) is 0 Å². The van der Waals surface area contributed by atoms with E-state index in [1.54, 1.807) is 12.4 Å². The molecule has 4 nitrogen and oxygen atoms in total. The highest BCUT2D eigenvalue weighted by Crippen LogP contribution is 2.14. The van der Waals surface area contributed by atoms with Crippen molar-refractivity contribution < 1.29 is 9.47 Å². The van der Waals surface area contributed by atoms with E-state index in [0.29, 0.717) is 13.2 Å². The predicted molar refractivity (Wildman–Crippen MR) is 60.4 cm³/mol. The van der Waals surface area contributed by atoms with Crippen LogP contribution >= 0.6 is 0 Å². The lowest BCUT2D eigenvalue weighted by atomic mass is 10.4. The van der Waals surface area contributed by atoms with Crippen molar-refractivity contribution in [2.24, 2.45) is 0 Å². The van der Waals surface area contributed by atoms with E-state index in [1.165, 1.54) is 0 Å². The van der Waals surface area contributed by atoms with E-state index in [2.05, 4.69) is 17.2 Å². The highest BCUT2D eigenvalue weighted by atomic mass is 16.5. The summed E-state index contributed by atoms with van der Waals surface area (Å²) < 4.78 is 10.8. The highest BCUT2D eigenvalue weighted by molar-refractivity contribution is 5.44. The normalized spacial score (nSPS) is 10.0. The molecule has 4 heteroatoms. The highest BCUT2D eigenvalue weighted by Gasteiger charge is 1.95. The molecule has 0 bridgehead atoms. The summed E-state index contributed by atoms with van der Waals surface area (Å²) in [6, 6.07) is 1.91. The third-order valence-electron chi connectivity index (χ3n) is 1.85. The Morgan fingerprint density at radius 1 is 1.27 bits per heavy atom. The molecule has 1 rings (SSSR count). The molecule has 84 valence electrons. The molecule has 0 radical (unpaired) electrons. The zero-order valence-corrected chi connectivity index (χ0v) is 9.32. The van der Waals surface area contributed by atoms with Crippen LogP contribution in [0, 0.1) is 0 Å². The quantitative estimate of drug-likeness (QED) is 0.698. The molecule has 15 heavy (non-hydrogen) atoms. The van der Waals surface area contributed by atoms with Gasteiger partial charge in [0.1, 0.15) is 12.4 Å². The van der Waals surface area contributed by atoms with Gasteiger partial charge < -0.3 is 14.8 Å². The summed E-state index contributed by atoms with van der Waals surface area (Å²) >= 11 is 0. The molecule has 0 saturated heterocycles. The van der Waals surface area contributed by atoms with Crippen LogP contribution in [-0.4, -0.2) is 31.9 Å². The lowest BCUT2D eigenvalue weighted by molar-refractivity contribution is 0.100. The number of hydrogen-bond acceptors (Lipinski definition) is 4. The topological polar surface area (TPSA) is 43.4 Å². The van der Waals surface area contributed by atoms with Crippen LogP contribution in [0.5, 0.6) is 5.75 Å². The zero-order chi connectivity index (χ0) is 10.9. The number of anilines is 1. The Bertz CT molecular complexity index is 279. The first-order valence-electron chi connectivity index (χ1n) is 5.20. The maximum atomic E-state index is 5.47. The van der Waals surface area contributed by atoms with E-state index in [0.717, 1.165) is 24.5 Å². The number of ether oxygens (including phenoxy) is 2. The van der Waals surface area contributed by atoms with Crippen molar-refractivity contribution in [2.45, 2.75) is 13.3 Å². The molecule has 0 aliphatic carbocycles. The van der Waals surface area contributed by atoms with Crippen molar-refractivity contribution >= 4 is 5.69 Å². The number of aromatic nitrogens is 1. The molecular weight excluding hydrogens is 192 g/mol. The molecular formula is C11H18N2O2. The zero-order valence-electron chi connectivity index (χ0n) is 9.32. The van der Waals surface area contributed by atoms with Crippen LogP contribution in [0.4, 0.5) is 5.69 Å². The van der Waals surface area contributed by atoms with E-state index in [4.69, 9.17) is 9.47 Å². The van der Waals surface area contributed by atoms with Crippen molar-refractivity contribution in [3.8, 4) is 5.75 Å². The van der Waals surface area contributed by atoms with Gasteiger partial charge in [0.25, 0.3) is 0 Å². The van der Waals surface area contributed by atoms with Gasteiger partial charge in [0.05, 0.1) is 24.7 Å².